The lowest BCUT2D eigenvalue weighted by molar-refractivity contribution is 0.446. The van der Waals surface area contributed by atoms with E-state index < -0.39 is 15.6 Å². The second kappa shape index (κ2) is 12.3. The highest BCUT2D eigenvalue weighted by Crippen LogP contribution is 2.27. The summed E-state index contributed by atoms with van der Waals surface area (Å²) in [6.07, 6.45) is 2.06. The van der Waals surface area contributed by atoms with Crippen LogP contribution in [0.25, 0.3) is 0 Å². The van der Waals surface area contributed by atoms with Gasteiger partial charge in [-0.15, -0.1) is 24.0 Å². The van der Waals surface area contributed by atoms with Gasteiger partial charge in [-0.1, -0.05) is 60.7 Å². The third-order valence-corrected chi connectivity index (χ3v) is 5.44. The predicted molar refractivity (Wildman–Crippen MR) is 136 cm³/mol. The zero-order valence-electron chi connectivity index (χ0n) is 18.1. The molecule has 0 radical (unpaired) electrons. The van der Waals surface area contributed by atoms with Gasteiger partial charge in [0.2, 0.25) is 10.0 Å². The van der Waals surface area contributed by atoms with Crippen LogP contribution in [0.1, 0.15) is 37.3 Å². The Balaban J connectivity index is 0.00000450. The van der Waals surface area contributed by atoms with Gasteiger partial charge in [-0.3, -0.25) is 4.99 Å². The summed E-state index contributed by atoms with van der Waals surface area (Å²) in [5, 5.41) is 6.53. The van der Waals surface area contributed by atoms with E-state index in [4.69, 9.17) is 0 Å². The highest BCUT2D eigenvalue weighted by Gasteiger charge is 2.22. The monoisotopic (exact) mass is 544 g/mol. The third kappa shape index (κ3) is 9.44. The summed E-state index contributed by atoms with van der Waals surface area (Å²) in [7, 11) is -1.57. The minimum atomic E-state index is -3.28. The van der Waals surface area contributed by atoms with Crippen LogP contribution in [0.2, 0.25) is 0 Å². The van der Waals surface area contributed by atoms with E-state index in [1.165, 1.54) is 11.1 Å². The minimum absolute atomic E-state index is 0. The summed E-state index contributed by atoms with van der Waals surface area (Å²) < 4.78 is 25.6. The Morgan fingerprint density at radius 1 is 0.967 bits per heavy atom. The van der Waals surface area contributed by atoms with Crippen LogP contribution in [0.4, 0.5) is 0 Å². The van der Waals surface area contributed by atoms with E-state index in [2.05, 4.69) is 68.9 Å². The van der Waals surface area contributed by atoms with E-state index >= 15 is 0 Å². The molecule has 0 fully saturated rings. The number of hydrogen-bond donors (Lipinski definition) is 3. The first-order valence-corrected chi connectivity index (χ1v) is 11.6. The molecule has 166 valence electrons. The Kier molecular flexibility index (Phi) is 10.8. The lowest BCUT2D eigenvalue weighted by Gasteiger charge is -2.26. The average molecular weight is 545 g/mol. The van der Waals surface area contributed by atoms with Gasteiger partial charge >= 0.3 is 0 Å². The number of aliphatic imine (C=N–C) groups is 1. The van der Waals surface area contributed by atoms with Gasteiger partial charge in [-0.2, -0.15) is 0 Å². The molecule has 2 aromatic carbocycles. The van der Waals surface area contributed by atoms with Crippen LogP contribution in [-0.4, -0.2) is 46.3 Å². The maximum Gasteiger partial charge on any atom is 0.209 e. The smallest absolute Gasteiger partial charge is 0.209 e. The van der Waals surface area contributed by atoms with Gasteiger partial charge < -0.3 is 10.6 Å². The normalized spacial score (nSPS) is 12.4. The number of hydrogen-bond acceptors (Lipinski definition) is 3. The molecular weight excluding hydrogens is 511 g/mol. The number of sulfonamides is 1. The van der Waals surface area contributed by atoms with Crippen LogP contribution in [0.5, 0.6) is 0 Å². The van der Waals surface area contributed by atoms with Crippen molar-refractivity contribution in [1.29, 1.82) is 0 Å². The lowest BCUT2D eigenvalue weighted by atomic mass is 9.88. The van der Waals surface area contributed by atoms with Crippen molar-refractivity contribution in [2.75, 3.05) is 26.4 Å². The highest BCUT2D eigenvalue weighted by molar-refractivity contribution is 14.0. The molecule has 2 rings (SSSR count). The molecule has 3 N–H and O–H groups in total. The minimum Gasteiger partial charge on any atom is -0.356 e. The van der Waals surface area contributed by atoms with E-state index in [1.807, 2.05) is 26.0 Å². The molecule has 0 aliphatic carbocycles. The van der Waals surface area contributed by atoms with Crippen molar-refractivity contribution in [2.24, 2.45) is 4.99 Å². The fourth-order valence-corrected chi connectivity index (χ4v) is 4.37. The third-order valence-electron chi connectivity index (χ3n) is 4.51. The number of halogens is 1. The summed E-state index contributed by atoms with van der Waals surface area (Å²) in [6.45, 7) is 4.80. The average Bonchev–Trinajstić information content (AvgIpc) is 2.67. The highest BCUT2D eigenvalue weighted by atomic mass is 127. The molecule has 8 heteroatoms. The first kappa shape index (κ1) is 26.4. The van der Waals surface area contributed by atoms with Crippen molar-refractivity contribution in [1.82, 2.24) is 15.4 Å². The first-order valence-electron chi connectivity index (χ1n) is 9.73. The maximum absolute atomic E-state index is 11.5. The maximum atomic E-state index is 11.5. The standard InChI is InChI=1S/C22H32N4O2S.HI/c1-22(2,26-29(4,27)28)17-25-21(23-3)24-16-15-20(18-11-7-5-8-12-18)19-13-9-6-10-14-19;/h5-14,20,26H,15-17H2,1-4H3,(H2,23,24,25);1H. The molecule has 0 aliphatic rings. The van der Waals surface area contributed by atoms with Crippen molar-refractivity contribution >= 4 is 40.0 Å². The molecule has 0 spiro atoms. The van der Waals surface area contributed by atoms with Crippen molar-refractivity contribution in [3.8, 4) is 0 Å². The molecule has 0 saturated heterocycles. The molecule has 0 unspecified atom stereocenters. The van der Waals surface area contributed by atoms with E-state index in [0.29, 0.717) is 12.5 Å². The van der Waals surface area contributed by atoms with E-state index in [0.717, 1.165) is 19.2 Å². The number of nitrogens with one attached hydrogen (secondary N) is 3. The van der Waals surface area contributed by atoms with Crippen LogP contribution in [0.15, 0.2) is 65.7 Å². The molecule has 0 bridgehead atoms. The molecule has 30 heavy (non-hydrogen) atoms. The van der Waals surface area contributed by atoms with Gasteiger partial charge in [0, 0.05) is 31.6 Å². The Morgan fingerprint density at radius 2 is 1.47 bits per heavy atom. The summed E-state index contributed by atoms with van der Waals surface area (Å²) >= 11 is 0. The SMILES string of the molecule is CN=C(NCCC(c1ccccc1)c1ccccc1)NCC(C)(C)NS(C)(=O)=O.I. The quantitative estimate of drug-likeness (QED) is 0.257. The van der Waals surface area contributed by atoms with Gasteiger partial charge in [0.1, 0.15) is 0 Å². The van der Waals surface area contributed by atoms with E-state index in [1.54, 1.807) is 7.05 Å². The molecule has 0 aliphatic heterocycles. The van der Waals surface area contributed by atoms with Crippen molar-refractivity contribution in [3.05, 3.63) is 71.8 Å². The molecule has 0 heterocycles. The molecule has 0 atom stereocenters. The van der Waals surface area contributed by atoms with Crippen LogP contribution >= 0.6 is 24.0 Å². The fourth-order valence-electron chi connectivity index (χ4n) is 3.29. The summed E-state index contributed by atoms with van der Waals surface area (Å²) in [5.41, 5.74) is 1.94. The predicted octanol–water partition coefficient (Wildman–Crippen LogP) is 3.32. The summed E-state index contributed by atoms with van der Waals surface area (Å²) in [6, 6.07) is 20.9. The van der Waals surface area contributed by atoms with Crippen molar-refractivity contribution < 1.29 is 8.42 Å². The Morgan fingerprint density at radius 3 is 1.90 bits per heavy atom. The van der Waals surface area contributed by atoms with Crippen LogP contribution in [0, 0.1) is 0 Å². The molecule has 0 amide bonds. The van der Waals surface area contributed by atoms with Gasteiger partial charge in [0.15, 0.2) is 5.96 Å². The molecule has 2 aromatic rings. The van der Waals surface area contributed by atoms with Gasteiger partial charge in [-0.25, -0.2) is 13.1 Å². The second-order valence-corrected chi connectivity index (χ2v) is 9.52. The molecule has 0 aromatic heterocycles. The Bertz CT molecular complexity index is 848. The second-order valence-electron chi connectivity index (χ2n) is 7.77. The van der Waals surface area contributed by atoms with Gasteiger partial charge in [-0.05, 0) is 31.4 Å². The van der Waals surface area contributed by atoms with Crippen molar-refractivity contribution in [3.63, 3.8) is 0 Å². The Labute approximate surface area is 198 Å². The summed E-state index contributed by atoms with van der Waals surface area (Å²) in [5.74, 6) is 0.930. The van der Waals surface area contributed by atoms with E-state index in [9.17, 15) is 8.42 Å². The lowest BCUT2D eigenvalue weighted by Crippen LogP contribution is -2.53. The van der Waals surface area contributed by atoms with Gasteiger partial charge in [0.05, 0.1) is 6.26 Å². The number of guanidine groups is 1. The van der Waals surface area contributed by atoms with Crippen LogP contribution < -0.4 is 15.4 Å². The van der Waals surface area contributed by atoms with Crippen molar-refractivity contribution in [2.45, 2.75) is 31.7 Å². The summed E-state index contributed by atoms with van der Waals surface area (Å²) in [4.78, 5) is 4.25. The molecular formula is C22H33IN4O2S. The number of nitrogens with zero attached hydrogens (tertiary/aromatic N) is 1. The zero-order valence-corrected chi connectivity index (χ0v) is 21.2. The molecule has 6 nitrogen and oxygen atoms in total. The largest absolute Gasteiger partial charge is 0.356 e. The van der Waals surface area contributed by atoms with Crippen LogP contribution in [-0.2, 0) is 10.0 Å². The van der Waals surface area contributed by atoms with Crippen LogP contribution in [0.3, 0.4) is 0 Å². The first-order chi connectivity index (χ1) is 13.7. The molecule has 0 saturated carbocycles. The topological polar surface area (TPSA) is 82.6 Å². The van der Waals surface area contributed by atoms with Gasteiger partial charge in [0.25, 0.3) is 0 Å². The zero-order chi connectivity index (χ0) is 21.3. The number of benzene rings is 2. The fraction of sp³-hybridized carbons (Fsp3) is 0.409. The Hall–Kier alpha value is -1.65. The number of rotatable bonds is 9. The van der Waals surface area contributed by atoms with E-state index in [-0.39, 0.29) is 29.9 Å².